The third-order valence-electron chi connectivity index (χ3n) is 2.35. The maximum atomic E-state index is 10.9. The van der Waals surface area contributed by atoms with E-state index in [0.717, 1.165) is 17.7 Å². The zero-order valence-electron chi connectivity index (χ0n) is 8.42. The van der Waals surface area contributed by atoms with Crippen molar-refractivity contribution in [2.75, 3.05) is 6.61 Å². The minimum atomic E-state index is -0.0333. The Morgan fingerprint density at radius 1 is 1.60 bits per heavy atom. The van der Waals surface area contributed by atoms with Gasteiger partial charge in [0.2, 0.25) is 5.91 Å². The smallest absolute Gasteiger partial charge is 0.217 e. The Morgan fingerprint density at radius 3 is 3.13 bits per heavy atom. The highest BCUT2D eigenvalue weighted by Gasteiger charge is 2.21. The van der Waals surface area contributed by atoms with E-state index in [9.17, 15) is 4.79 Å². The first kappa shape index (κ1) is 10.3. The van der Waals surface area contributed by atoms with Crippen LogP contribution in [0.3, 0.4) is 0 Å². The Bertz CT molecular complexity index is 392. The van der Waals surface area contributed by atoms with Gasteiger partial charge in [0.1, 0.15) is 12.4 Å². The number of hydrogen-bond donors (Lipinski definition) is 1. The lowest BCUT2D eigenvalue weighted by atomic mass is 10.0. The average Bonchev–Trinajstić information content (AvgIpc) is 2.17. The highest BCUT2D eigenvalue weighted by Crippen LogP contribution is 2.32. The van der Waals surface area contributed by atoms with E-state index in [0.29, 0.717) is 11.6 Å². The lowest BCUT2D eigenvalue weighted by Crippen LogP contribution is -2.41. The van der Waals surface area contributed by atoms with Crippen molar-refractivity contribution in [2.24, 2.45) is 0 Å². The van der Waals surface area contributed by atoms with Crippen LogP contribution < -0.4 is 10.1 Å². The number of ether oxygens (including phenoxy) is 1. The van der Waals surface area contributed by atoms with Crippen LogP contribution in [0, 0.1) is 0 Å². The van der Waals surface area contributed by atoms with E-state index >= 15 is 0 Å². The molecule has 1 N–H and O–H groups in total. The van der Waals surface area contributed by atoms with E-state index in [1.165, 1.54) is 6.92 Å². The molecule has 0 fully saturated rings. The van der Waals surface area contributed by atoms with Gasteiger partial charge in [0.05, 0.1) is 11.1 Å². The molecule has 4 heteroatoms. The second kappa shape index (κ2) is 4.11. The molecule has 1 aromatic rings. The number of carbonyl (C=O) groups excluding carboxylic acids is 1. The zero-order valence-corrected chi connectivity index (χ0v) is 9.17. The maximum Gasteiger partial charge on any atom is 0.217 e. The lowest BCUT2D eigenvalue weighted by molar-refractivity contribution is -0.119. The molecule has 0 aliphatic carbocycles. The fourth-order valence-electron chi connectivity index (χ4n) is 1.76. The Labute approximate surface area is 93.4 Å². The monoisotopic (exact) mass is 225 g/mol. The third-order valence-corrected chi connectivity index (χ3v) is 2.65. The van der Waals surface area contributed by atoms with E-state index in [1.807, 2.05) is 12.1 Å². The molecule has 2 rings (SSSR count). The van der Waals surface area contributed by atoms with Crippen molar-refractivity contribution in [1.82, 2.24) is 5.32 Å². The molecule has 0 saturated carbocycles. The molecule has 0 radical (unpaired) electrons. The van der Waals surface area contributed by atoms with Crippen molar-refractivity contribution >= 4 is 17.5 Å². The van der Waals surface area contributed by atoms with Gasteiger partial charge < -0.3 is 10.1 Å². The minimum absolute atomic E-state index is 0.0333. The topological polar surface area (TPSA) is 38.3 Å². The first-order valence-corrected chi connectivity index (χ1v) is 5.22. The van der Waals surface area contributed by atoms with Crippen molar-refractivity contribution in [3.05, 3.63) is 28.8 Å². The van der Waals surface area contributed by atoms with Gasteiger partial charge >= 0.3 is 0 Å². The van der Waals surface area contributed by atoms with Crippen molar-refractivity contribution in [3.8, 4) is 5.75 Å². The van der Waals surface area contributed by atoms with Gasteiger partial charge in [-0.1, -0.05) is 23.7 Å². The van der Waals surface area contributed by atoms with Gasteiger partial charge in [0.15, 0.2) is 0 Å². The number of fused-ring (bicyclic) bond motifs is 1. The van der Waals surface area contributed by atoms with E-state index < -0.39 is 0 Å². The van der Waals surface area contributed by atoms with E-state index in [4.69, 9.17) is 16.3 Å². The van der Waals surface area contributed by atoms with Crippen LogP contribution in [0.4, 0.5) is 0 Å². The molecule has 0 saturated heterocycles. The fraction of sp³-hybridized carbons (Fsp3) is 0.364. The SMILES string of the molecule is CC(=O)N[C@@H]1COc2c(Cl)cccc2C1. The van der Waals surface area contributed by atoms with Gasteiger partial charge in [-0.05, 0) is 18.1 Å². The Hall–Kier alpha value is -1.22. The van der Waals surface area contributed by atoms with Gasteiger partial charge in [0.25, 0.3) is 0 Å². The number of benzene rings is 1. The van der Waals surface area contributed by atoms with Crippen molar-refractivity contribution in [1.29, 1.82) is 0 Å². The number of hydrogen-bond acceptors (Lipinski definition) is 2. The summed E-state index contributed by atoms with van der Waals surface area (Å²) in [7, 11) is 0. The molecule has 1 amide bonds. The molecule has 80 valence electrons. The average molecular weight is 226 g/mol. The van der Waals surface area contributed by atoms with Crippen LogP contribution in [0.15, 0.2) is 18.2 Å². The van der Waals surface area contributed by atoms with Crippen LogP contribution in [0.5, 0.6) is 5.75 Å². The predicted molar refractivity (Wildman–Crippen MR) is 58.3 cm³/mol. The highest BCUT2D eigenvalue weighted by atomic mass is 35.5. The van der Waals surface area contributed by atoms with Gasteiger partial charge in [-0.2, -0.15) is 0 Å². The van der Waals surface area contributed by atoms with Crippen LogP contribution in [0.2, 0.25) is 5.02 Å². The molecular weight excluding hydrogens is 214 g/mol. The number of amides is 1. The largest absolute Gasteiger partial charge is 0.490 e. The molecule has 3 nitrogen and oxygen atoms in total. The Kier molecular flexibility index (Phi) is 2.82. The normalized spacial score (nSPS) is 18.9. The molecule has 15 heavy (non-hydrogen) atoms. The minimum Gasteiger partial charge on any atom is -0.490 e. The van der Waals surface area contributed by atoms with Crippen LogP contribution in [0.25, 0.3) is 0 Å². The molecule has 0 spiro atoms. The molecule has 1 atom stereocenters. The molecular formula is C11H12ClNO2. The highest BCUT2D eigenvalue weighted by molar-refractivity contribution is 6.32. The Morgan fingerprint density at radius 2 is 2.40 bits per heavy atom. The van der Waals surface area contributed by atoms with E-state index in [2.05, 4.69) is 5.32 Å². The van der Waals surface area contributed by atoms with Gasteiger partial charge in [-0.25, -0.2) is 0 Å². The summed E-state index contributed by atoms with van der Waals surface area (Å²) in [6.45, 7) is 1.99. The fourth-order valence-corrected chi connectivity index (χ4v) is 2.01. The number of halogens is 1. The lowest BCUT2D eigenvalue weighted by Gasteiger charge is -2.26. The Balaban J connectivity index is 2.17. The maximum absolute atomic E-state index is 10.9. The molecule has 0 aromatic heterocycles. The van der Waals surface area contributed by atoms with Crippen LogP contribution in [-0.4, -0.2) is 18.6 Å². The van der Waals surface area contributed by atoms with E-state index in [-0.39, 0.29) is 11.9 Å². The van der Waals surface area contributed by atoms with Crippen LogP contribution in [-0.2, 0) is 11.2 Å². The summed E-state index contributed by atoms with van der Waals surface area (Å²) in [6.07, 6.45) is 0.773. The first-order valence-electron chi connectivity index (χ1n) is 4.84. The summed E-state index contributed by atoms with van der Waals surface area (Å²) in [4.78, 5) is 10.9. The predicted octanol–water partition coefficient (Wildman–Crippen LogP) is 1.78. The van der Waals surface area contributed by atoms with Crippen molar-refractivity contribution in [3.63, 3.8) is 0 Å². The summed E-state index contributed by atoms with van der Waals surface area (Å²) in [5.74, 6) is 0.717. The van der Waals surface area contributed by atoms with Gasteiger partial charge in [-0.15, -0.1) is 0 Å². The first-order chi connectivity index (χ1) is 7.16. The van der Waals surface area contributed by atoms with Gasteiger partial charge in [0, 0.05) is 6.92 Å². The van der Waals surface area contributed by atoms with Gasteiger partial charge in [-0.3, -0.25) is 4.79 Å². The summed E-state index contributed by atoms with van der Waals surface area (Å²) >= 11 is 5.98. The zero-order chi connectivity index (χ0) is 10.8. The summed E-state index contributed by atoms with van der Waals surface area (Å²) in [6, 6.07) is 5.71. The summed E-state index contributed by atoms with van der Waals surface area (Å²) in [5, 5.41) is 3.47. The molecule has 1 aliphatic rings. The van der Waals surface area contributed by atoms with Crippen molar-refractivity contribution in [2.45, 2.75) is 19.4 Å². The third kappa shape index (κ3) is 2.23. The molecule has 0 bridgehead atoms. The second-order valence-corrected chi connectivity index (χ2v) is 4.05. The standard InChI is InChI=1S/C11H12ClNO2/c1-7(14)13-9-5-8-3-2-4-10(12)11(8)15-6-9/h2-4,9H,5-6H2,1H3,(H,13,14)/t9-/m0/s1. The van der Waals surface area contributed by atoms with Crippen LogP contribution >= 0.6 is 11.6 Å². The molecule has 1 aromatic carbocycles. The number of rotatable bonds is 1. The number of carbonyl (C=O) groups is 1. The second-order valence-electron chi connectivity index (χ2n) is 3.64. The molecule has 1 heterocycles. The summed E-state index contributed by atoms with van der Waals surface area (Å²) in [5.41, 5.74) is 1.05. The number of nitrogens with one attached hydrogen (secondary N) is 1. The molecule has 1 aliphatic heterocycles. The van der Waals surface area contributed by atoms with Crippen molar-refractivity contribution < 1.29 is 9.53 Å². The summed E-state index contributed by atoms with van der Waals surface area (Å²) < 4.78 is 5.52. The van der Waals surface area contributed by atoms with Crippen LogP contribution in [0.1, 0.15) is 12.5 Å². The van der Waals surface area contributed by atoms with E-state index in [1.54, 1.807) is 6.07 Å². The molecule has 0 unspecified atom stereocenters. The quantitative estimate of drug-likeness (QED) is 0.791. The number of para-hydroxylation sites is 1.